The summed E-state index contributed by atoms with van der Waals surface area (Å²) in [5.74, 6) is -0.313. The third kappa shape index (κ3) is 5.27. The number of carboxylic acids is 1. The van der Waals surface area contributed by atoms with Gasteiger partial charge in [-0.1, -0.05) is 0 Å². The second-order valence-corrected chi connectivity index (χ2v) is 5.64. The Bertz CT molecular complexity index is 430. The van der Waals surface area contributed by atoms with Gasteiger partial charge in [-0.05, 0) is 32.9 Å². The molecule has 0 aliphatic heterocycles. The van der Waals surface area contributed by atoms with Gasteiger partial charge in [-0.25, -0.2) is 4.79 Å². The maximum atomic E-state index is 11.4. The molecule has 1 aromatic rings. The molecule has 1 rings (SSSR count). The van der Waals surface area contributed by atoms with Gasteiger partial charge in [0.1, 0.15) is 11.4 Å². The van der Waals surface area contributed by atoms with Crippen molar-refractivity contribution in [3.05, 3.63) is 23.7 Å². The zero-order valence-corrected chi connectivity index (χ0v) is 11.4. The number of hydrogen-bond acceptors (Lipinski definition) is 5. The van der Waals surface area contributed by atoms with Crippen LogP contribution in [-0.4, -0.2) is 28.4 Å². The highest BCUT2D eigenvalue weighted by Gasteiger charge is 2.16. The molecular weight excluding hydrogens is 256 g/mol. The highest BCUT2D eigenvalue weighted by molar-refractivity contribution is 7.99. The average Bonchev–Trinajstić information content (AvgIpc) is 2.63. The highest BCUT2D eigenvalue weighted by atomic mass is 32.2. The molecule has 0 saturated heterocycles. The number of carbonyl (C=O) groups excluding carboxylic acids is 1. The summed E-state index contributed by atoms with van der Waals surface area (Å²) < 4.78 is 10.2. The molecule has 0 spiro atoms. The van der Waals surface area contributed by atoms with E-state index in [-0.39, 0.29) is 17.5 Å². The van der Waals surface area contributed by atoms with Crippen LogP contribution in [0.25, 0.3) is 0 Å². The first-order valence-electron chi connectivity index (χ1n) is 5.39. The summed E-state index contributed by atoms with van der Waals surface area (Å²) in [7, 11) is 0. The number of hydrogen-bond donors (Lipinski definition) is 1. The summed E-state index contributed by atoms with van der Waals surface area (Å²) in [6.07, 6.45) is 0. The summed E-state index contributed by atoms with van der Waals surface area (Å²) in [5.41, 5.74) is -0.487. The molecular formula is C12H16O5S. The van der Waals surface area contributed by atoms with Crippen LogP contribution in [0, 0.1) is 0 Å². The first kappa shape index (κ1) is 14.6. The normalized spacial score (nSPS) is 11.3. The number of ether oxygens (including phenoxy) is 1. The van der Waals surface area contributed by atoms with E-state index in [0.717, 1.165) is 0 Å². The van der Waals surface area contributed by atoms with E-state index >= 15 is 0 Å². The Kier molecular flexibility index (Phi) is 4.84. The van der Waals surface area contributed by atoms with E-state index in [2.05, 4.69) is 0 Å². The minimum absolute atomic E-state index is 0.0946. The Morgan fingerprint density at radius 2 is 2.06 bits per heavy atom. The third-order valence-corrected chi connectivity index (χ3v) is 2.69. The fourth-order valence-electron chi connectivity index (χ4n) is 1.18. The summed E-state index contributed by atoms with van der Waals surface area (Å²) in [4.78, 5) is 22.0. The Labute approximate surface area is 109 Å². The number of carboxylic acid groups (broad SMARTS) is 1. The fraction of sp³-hybridized carbons (Fsp3) is 0.500. The van der Waals surface area contributed by atoms with Crippen molar-refractivity contribution in [2.45, 2.75) is 32.1 Å². The van der Waals surface area contributed by atoms with Crippen LogP contribution in [0.1, 0.15) is 37.1 Å². The van der Waals surface area contributed by atoms with E-state index in [4.69, 9.17) is 14.3 Å². The van der Waals surface area contributed by atoms with Crippen LogP contribution in [0.5, 0.6) is 0 Å². The Balaban J connectivity index is 2.33. The summed E-state index contributed by atoms with van der Waals surface area (Å²) >= 11 is 1.32. The second kappa shape index (κ2) is 5.95. The van der Waals surface area contributed by atoms with Gasteiger partial charge in [-0.15, -0.1) is 11.8 Å². The van der Waals surface area contributed by atoms with Crippen molar-refractivity contribution in [2.75, 3.05) is 5.75 Å². The topological polar surface area (TPSA) is 76.7 Å². The van der Waals surface area contributed by atoms with Crippen LogP contribution in [0.15, 0.2) is 16.5 Å². The van der Waals surface area contributed by atoms with Gasteiger partial charge in [0, 0.05) is 0 Å². The Hall–Kier alpha value is -1.43. The average molecular weight is 272 g/mol. The number of rotatable bonds is 5. The smallest absolute Gasteiger partial charge is 0.371 e. The van der Waals surface area contributed by atoms with Crippen LogP contribution in [0.3, 0.4) is 0 Å². The second-order valence-electron chi connectivity index (χ2n) is 4.65. The van der Waals surface area contributed by atoms with Crippen molar-refractivity contribution in [1.29, 1.82) is 0 Å². The summed E-state index contributed by atoms with van der Waals surface area (Å²) in [6, 6.07) is 2.98. The molecule has 0 radical (unpaired) electrons. The number of carbonyl (C=O) groups is 2. The quantitative estimate of drug-likeness (QED) is 0.830. The van der Waals surface area contributed by atoms with E-state index in [0.29, 0.717) is 11.5 Å². The standard InChI is InChI=1S/C12H16O5S/c1-12(2,3)17-10(13)7-18-6-8-4-5-9(16-8)11(14)15/h4-5H,6-7H2,1-3H3,(H,14,15). The molecule has 0 bridgehead atoms. The maximum Gasteiger partial charge on any atom is 0.371 e. The Morgan fingerprint density at radius 1 is 1.39 bits per heavy atom. The molecule has 1 heterocycles. The van der Waals surface area contributed by atoms with Gasteiger partial charge in [-0.3, -0.25) is 4.79 Å². The van der Waals surface area contributed by atoms with Crippen molar-refractivity contribution < 1.29 is 23.8 Å². The van der Waals surface area contributed by atoms with Crippen LogP contribution >= 0.6 is 11.8 Å². The van der Waals surface area contributed by atoms with E-state index in [1.54, 1.807) is 26.8 Å². The van der Waals surface area contributed by atoms with Gasteiger partial charge in [0.2, 0.25) is 5.76 Å². The van der Waals surface area contributed by atoms with E-state index in [1.807, 2.05) is 0 Å². The SMILES string of the molecule is CC(C)(C)OC(=O)CSCc1ccc(C(=O)O)o1. The molecule has 18 heavy (non-hydrogen) atoms. The summed E-state index contributed by atoms with van der Waals surface area (Å²) in [6.45, 7) is 5.42. The lowest BCUT2D eigenvalue weighted by atomic mass is 10.2. The van der Waals surface area contributed by atoms with Gasteiger partial charge in [0.05, 0.1) is 11.5 Å². The van der Waals surface area contributed by atoms with Crippen LogP contribution in [0.2, 0.25) is 0 Å². The molecule has 100 valence electrons. The Morgan fingerprint density at radius 3 is 2.56 bits per heavy atom. The van der Waals surface area contributed by atoms with Crippen molar-refractivity contribution in [1.82, 2.24) is 0 Å². The van der Waals surface area contributed by atoms with Gasteiger partial charge in [-0.2, -0.15) is 0 Å². The van der Waals surface area contributed by atoms with Gasteiger partial charge in [0.25, 0.3) is 0 Å². The first-order valence-corrected chi connectivity index (χ1v) is 6.55. The molecule has 0 aliphatic carbocycles. The minimum atomic E-state index is -1.10. The number of thioether (sulfide) groups is 1. The van der Waals surface area contributed by atoms with Gasteiger partial charge >= 0.3 is 11.9 Å². The lowest BCUT2D eigenvalue weighted by Crippen LogP contribution is -2.24. The zero-order chi connectivity index (χ0) is 13.8. The van der Waals surface area contributed by atoms with E-state index < -0.39 is 11.6 Å². The predicted octanol–water partition coefficient (Wildman–Crippen LogP) is 2.55. The van der Waals surface area contributed by atoms with E-state index in [9.17, 15) is 9.59 Å². The molecule has 1 N–H and O–H groups in total. The molecule has 1 aromatic heterocycles. The monoisotopic (exact) mass is 272 g/mol. The minimum Gasteiger partial charge on any atom is -0.475 e. The molecule has 0 unspecified atom stereocenters. The van der Waals surface area contributed by atoms with Crippen molar-refractivity contribution >= 4 is 23.7 Å². The molecule has 0 atom stereocenters. The van der Waals surface area contributed by atoms with Crippen molar-refractivity contribution in [2.24, 2.45) is 0 Å². The largest absolute Gasteiger partial charge is 0.475 e. The summed E-state index contributed by atoms with van der Waals surface area (Å²) in [5, 5.41) is 8.66. The molecule has 0 amide bonds. The molecule has 5 nitrogen and oxygen atoms in total. The molecule has 0 aliphatic rings. The fourth-order valence-corrected chi connectivity index (χ4v) is 1.86. The van der Waals surface area contributed by atoms with E-state index in [1.165, 1.54) is 17.8 Å². The molecule has 0 fully saturated rings. The number of aromatic carboxylic acids is 1. The lowest BCUT2D eigenvalue weighted by molar-refractivity contribution is -0.151. The van der Waals surface area contributed by atoms with Crippen LogP contribution in [0.4, 0.5) is 0 Å². The number of furan rings is 1. The lowest BCUT2D eigenvalue weighted by Gasteiger charge is -2.19. The molecule has 6 heteroatoms. The van der Waals surface area contributed by atoms with Crippen LogP contribution in [-0.2, 0) is 15.3 Å². The predicted molar refractivity (Wildman–Crippen MR) is 67.7 cm³/mol. The molecule has 0 saturated carbocycles. The van der Waals surface area contributed by atoms with Gasteiger partial charge in [0.15, 0.2) is 0 Å². The van der Waals surface area contributed by atoms with Gasteiger partial charge < -0.3 is 14.3 Å². The maximum absolute atomic E-state index is 11.4. The number of esters is 1. The van der Waals surface area contributed by atoms with Crippen molar-refractivity contribution in [3.8, 4) is 0 Å². The highest BCUT2D eigenvalue weighted by Crippen LogP contribution is 2.17. The first-order chi connectivity index (χ1) is 8.28. The zero-order valence-electron chi connectivity index (χ0n) is 10.6. The van der Waals surface area contributed by atoms with Crippen LogP contribution < -0.4 is 0 Å². The van der Waals surface area contributed by atoms with Crippen molar-refractivity contribution in [3.63, 3.8) is 0 Å². The third-order valence-electron chi connectivity index (χ3n) is 1.76. The molecule has 0 aromatic carbocycles.